The molecule has 4 aromatic rings. The molecule has 0 aliphatic carbocycles. The number of fused-ring (bicyclic) bond motifs is 2. The van der Waals surface area contributed by atoms with E-state index in [2.05, 4.69) is 15.2 Å². The van der Waals surface area contributed by atoms with Crippen molar-refractivity contribution in [3.05, 3.63) is 48.5 Å². The molecule has 0 saturated heterocycles. The number of hydrogen-bond donors (Lipinski definition) is 3. The molecule has 0 radical (unpaired) electrons. The fourth-order valence-electron chi connectivity index (χ4n) is 2.98. The van der Waals surface area contributed by atoms with Gasteiger partial charge in [-0.05, 0) is 49.4 Å². The van der Waals surface area contributed by atoms with Crippen LogP contribution in [0.25, 0.3) is 21.8 Å². The predicted octanol–water partition coefficient (Wildman–Crippen LogP) is 3.76. The minimum Gasteiger partial charge on any atom is -0.494 e. The molecule has 0 bridgehead atoms. The van der Waals surface area contributed by atoms with Crippen LogP contribution in [0.4, 0.5) is 28.7 Å². The second-order valence-corrected chi connectivity index (χ2v) is 6.25. The van der Waals surface area contributed by atoms with Crippen molar-refractivity contribution in [3.8, 4) is 5.75 Å². The molecule has 2 heterocycles. The van der Waals surface area contributed by atoms with Crippen molar-refractivity contribution < 1.29 is 9.72 Å². The number of aromatic amines is 1. The number of rotatable bonds is 4. The van der Waals surface area contributed by atoms with Gasteiger partial charge in [-0.1, -0.05) is 0 Å². The summed E-state index contributed by atoms with van der Waals surface area (Å²) in [7, 11) is 0. The monoisotopic (exact) mass is 374 g/mol. The van der Waals surface area contributed by atoms with E-state index >= 15 is 0 Å². The number of pyridine rings is 2. The fraction of sp³-hybridized carbons (Fsp3) is 0.100. The van der Waals surface area contributed by atoms with Crippen LogP contribution in [0.1, 0.15) is 6.92 Å². The van der Waals surface area contributed by atoms with Gasteiger partial charge in [0, 0.05) is 16.8 Å². The summed E-state index contributed by atoms with van der Waals surface area (Å²) in [4.78, 5) is 7.51. The van der Waals surface area contributed by atoms with Crippen molar-refractivity contribution in [2.75, 3.05) is 23.8 Å². The first-order valence-electron chi connectivity index (χ1n) is 8.80. The number of nitrogens with zero attached hydrogens (tertiary/aromatic N) is 3. The molecule has 2 aromatic heterocycles. The molecule has 8 heteroatoms. The molecular weight excluding hydrogens is 354 g/mol. The third-order valence-electron chi connectivity index (χ3n) is 4.33. The van der Waals surface area contributed by atoms with Gasteiger partial charge in [-0.3, -0.25) is 0 Å². The normalized spacial score (nSPS) is 11.5. The first kappa shape index (κ1) is 17.5. The lowest BCUT2D eigenvalue weighted by Gasteiger charge is -2.09. The standard InChI is InChI=1S/C20H19N7O/c1-2-28-12-4-6-15-14(10-12)19(22)13-5-3-11(9-17(13)24-15)26-27-16-7-8-18(21)25-20(16)23/h3-10H,2H2,1H3,(H2,22,24)(H4,21,23,25)/p+1. The van der Waals surface area contributed by atoms with Crippen molar-refractivity contribution in [2.24, 2.45) is 10.2 Å². The molecule has 0 atom stereocenters. The molecular formula is C20H20N7O+. The highest BCUT2D eigenvalue weighted by Crippen LogP contribution is 2.33. The van der Waals surface area contributed by atoms with Crippen LogP contribution in [0.2, 0.25) is 0 Å². The first-order chi connectivity index (χ1) is 13.5. The molecule has 140 valence electrons. The topological polar surface area (TPSA) is 139 Å². The Morgan fingerprint density at radius 2 is 1.79 bits per heavy atom. The quantitative estimate of drug-likeness (QED) is 0.368. The molecule has 0 amide bonds. The molecule has 0 spiro atoms. The molecule has 8 nitrogen and oxygen atoms in total. The summed E-state index contributed by atoms with van der Waals surface area (Å²) in [5.41, 5.74) is 21.2. The molecule has 0 aliphatic rings. The number of aromatic nitrogens is 2. The van der Waals surface area contributed by atoms with Gasteiger partial charge in [0.15, 0.2) is 5.69 Å². The summed E-state index contributed by atoms with van der Waals surface area (Å²) in [6.45, 7) is 2.54. The van der Waals surface area contributed by atoms with Gasteiger partial charge >= 0.3 is 0 Å². The maximum absolute atomic E-state index is 6.39. The molecule has 0 fully saturated rings. The SMILES string of the molecule is CCOc1ccc2nc3cc(N=Nc4ccc(N)[nH+]c4N)ccc3c(N)c2c1. The Labute approximate surface area is 161 Å². The van der Waals surface area contributed by atoms with Crippen LogP contribution in [-0.4, -0.2) is 11.6 Å². The number of azo groups is 1. The highest BCUT2D eigenvalue weighted by Gasteiger charge is 2.09. The van der Waals surface area contributed by atoms with Crippen LogP contribution in [0, 0.1) is 0 Å². The van der Waals surface area contributed by atoms with Crippen LogP contribution >= 0.6 is 0 Å². The number of H-pyrrole nitrogens is 1. The van der Waals surface area contributed by atoms with Crippen molar-refractivity contribution >= 4 is 50.5 Å². The zero-order valence-corrected chi connectivity index (χ0v) is 15.3. The zero-order valence-electron chi connectivity index (χ0n) is 15.3. The number of anilines is 3. The van der Waals surface area contributed by atoms with Crippen LogP contribution in [0.5, 0.6) is 5.75 Å². The van der Waals surface area contributed by atoms with E-state index in [1.165, 1.54) is 0 Å². The summed E-state index contributed by atoms with van der Waals surface area (Å²) >= 11 is 0. The summed E-state index contributed by atoms with van der Waals surface area (Å²) in [6, 6.07) is 14.6. The maximum atomic E-state index is 6.39. The predicted molar refractivity (Wildman–Crippen MR) is 111 cm³/mol. The molecule has 28 heavy (non-hydrogen) atoms. The van der Waals surface area contributed by atoms with Crippen LogP contribution in [0.15, 0.2) is 58.8 Å². The molecule has 2 aromatic carbocycles. The van der Waals surface area contributed by atoms with Crippen molar-refractivity contribution in [1.82, 2.24) is 4.98 Å². The van der Waals surface area contributed by atoms with Crippen molar-refractivity contribution in [2.45, 2.75) is 6.92 Å². The first-order valence-corrected chi connectivity index (χ1v) is 8.80. The number of nitrogen functional groups attached to an aromatic ring is 3. The fourth-order valence-corrected chi connectivity index (χ4v) is 2.98. The third kappa shape index (κ3) is 3.23. The van der Waals surface area contributed by atoms with Gasteiger partial charge < -0.3 is 21.9 Å². The average molecular weight is 374 g/mol. The van der Waals surface area contributed by atoms with E-state index in [4.69, 9.17) is 26.9 Å². The number of hydrogen-bond acceptors (Lipinski definition) is 7. The number of nitrogens with one attached hydrogen (secondary N) is 1. The minimum atomic E-state index is 0.350. The summed E-state index contributed by atoms with van der Waals surface area (Å²) in [6.07, 6.45) is 0. The second kappa shape index (κ2) is 6.99. The molecule has 0 unspecified atom stereocenters. The van der Waals surface area contributed by atoms with Gasteiger partial charge in [0.1, 0.15) is 5.75 Å². The van der Waals surface area contributed by atoms with E-state index in [1.54, 1.807) is 12.1 Å². The van der Waals surface area contributed by atoms with Crippen LogP contribution in [0.3, 0.4) is 0 Å². The van der Waals surface area contributed by atoms with Crippen molar-refractivity contribution in [1.29, 1.82) is 0 Å². The second-order valence-electron chi connectivity index (χ2n) is 6.25. The number of benzene rings is 2. The van der Waals surface area contributed by atoms with E-state index in [-0.39, 0.29) is 0 Å². The Morgan fingerprint density at radius 1 is 0.929 bits per heavy atom. The maximum Gasteiger partial charge on any atom is 0.245 e. The smallest absolute Gasteiger partial charge is 0.245 e. The Hall–Kier alpha value is -3.94. The lowest BCUT2D eigenvalue weighted by atomic mass is 10.1. The third-order valence-corrected chi connectivity index (χ3v) is 4.33. The van der Waals surface area contributed by atoms with E-state index in [0.29, 0.717) is 35.3 Å². The minimum absolute atomic E-state index is 0.350. The van der Waals surface area contributed by atoms with E-state index < -0.39 is 0 Å². The molecule has 7 N–H and O–H groups in total. The van der Waals surface area contributed by atoms with E-state index in [9.17, 15) is 0 Å². The van der Waals surface area contributed by atoms with Gasteiger partial charge in [0.05, 0.1) is 29.0 Å². The largest absolute Gasteiger partial charge is 0.494 e. The summed E-state index contributed by atoms with van der Waals surface area (Å²) in [5, 5.41) is 10.1. The molecule has 4 rings (SSSR count). The Morgan fingerprint density at radius 3 is 2.57 bits per heavy atom. The molecule has 0 saturated carbocycles. The number of ether oxygens (including phenoxy) is 1. The Bertz CT molecular complexity index is 1220. The Kier molecular flexibility index (Phi) is 4.36. The Balaban J connectivity index is 1.75. The van der Waals surface area contributed by atoms with Gasteiger partial charge in [-0.15, -0.1) is 5.11 Å². The van der Waals surface area contributed by atoms with Crippen LogP contribution in [-0.2, 0) is 0 Å². The van der Waals surface area contributed by atoms with Gasteiger partial charge in [-0.2, -0.15) is 5.11 Å². The van der Waals surface area contributed by atoms with E-state index in [1.807, 2.05) is 43.3 Å². The van der Waals surface area contributed by atoms with E-state index in [0.717, 1.165) is 27.6 Å². The van der Waals surface area contributed by atoms with Gasteiger partial charge in [-0.25, -0.2) is 9.97 Å². The van der Waals surface area contributed by atoms with Crippen LogP contribution < -0.4 is 26.9 Å². The zero-order chi connectivity index (χ0) is 19.7. The van der Waals surface area contributed by atoms with Crippen molar-refractivity contribution in [3.63, 3.8) is 0 Å². The lowest BCUT2D eigenvalue weighted by Crippen LogP contribution is -2.14. The highest BCUT2D eigenvalue weighted by atomic mass is 16.5. The summed E-state index contributed by atoms with van der Waals surface area (Å²) < 4.78 is 5.56. The highest BCUT2D eigenvalue weighted by molar-refractivity contribution is 6.07. The van der Waals surface area contributed by atoms with Gasteiger partial charge in [0.2, 0.25) is 11.6 Å². The average Bonchev–Trinajstić information content (AvgIpc) is 2.68. The lowest BCUT2D eigenvalue weighted by molar-refractivity contribution is -0.341. The summed E-state index contributed by atoms with van der Waals surface area (Å²) in [5.74, 6) is 1.58. The number of nitrogens with two attached hydrogens (primary N) is 3. The molecule has 0 aliphatic heterocycles. The van der Waals surface area contributed by atoms with Gasteiger partial charge in [0.25, 0.3) is 0 Å².